The van der Waals surface area contributed by atoms with Crippen molar-refractivity contribution in [3.63, 3.8) is 0 Å². The average molecular weight is 415 g/mol. The number of nitrogens with one attached hydrogen (secondary N) is 1. The van der Waals surface area contributed by atoms with Gasteiger partial charge in [-0.2, -0.15) is 0 Å². The van der Waals surface area contributed by atoms with E-state index in [1.54, 1.807) is 0 Å². The number of hydrogen-bond acceptors (Lipinski definition) is 4. The van der Waals surface area contributed by atoms with E-state index in [9.17, 15) is 4.79 Å². The number of carbonyl (C=O) groups excluding carboxylic acids is 1. The van der Waals surface area contributed by atoms with Gasteiger partial charge in [0.05, 0.1) is 19.8 Å². The Labute approximate surface area is 181 Å². The van der Waals surface area contributed by atoms with Gasteiger partial charge in [0.1, 0.15) is 5.75 Å². The smallest absolute Gasteiger partial charge is 0.230 e. The summed E-state index contributed by atoms with van der Waals surface area (Å²) < 4.78 is 11.3. The number of rotatable bonds is 7. The Balaban J connectivity index is 1.27. The summed E-state index contributed by atoms with van der Waals surface area (Å²) in [4.78, 5) is 15.6. The molecular weight excluding hydrogens is 376 g/mol. The molecule has 3 fully saturated rings. The lowest BCUT2D eigenvalue weighted by Crippen LogP contribution is -2.43. The van der Waals surface area contributed by atoms with Crippen LogP contribution in [0, 0.1) is 23.2 Å². The Morgan fingerprint density at radius 1 is 1.20 bits per heavy atom. The molecule has 0 radical (unpaired) electrons. The van der Waals surface area contributed by atoms with E-state index >= 15 is 0 Å². The molecule has 3 aliphatic rings. The summed E-state index contributed by atoms with van der Waals surface area (Å²) in [5.74, 6) is 3.25. The van der Waals surface area contributed by atoms with Crippen LogP contribution in [-0.2, 0) is 9.53 Å². The number of fused-ring (bicyclic) bond motifs is 2. The number of carbonyl (C=O) groups is 1. The molecule has 4 rings (SSSR count). The molecule has 1 N–H and O–H groups in total. The van der Waals surface area contributed by atoms with Crippen LogP contribution in [0.25, 0.3) is 0 Å². The van der Waals surface area contributed by atoms with E-state index in [0.717, 1.165) is 69.5 Å². The van der Waals surface area contributed by atoms with E-state index < -0.39 is 0 Å². The van der Waals surface area contributed by atoms with Gasteiger partial charge in [-0.25, -0.2) is 0 Å². The maximum absolute atomic E-state index is 13.2. The third kappa shape index (κ3) is 5.55. The number of morpholine rings is 1. The Bertz CT molecular complexity index is 698. The van der Waals surface area contributed by atoms with Gasteiger partial charge in [-0.1, -0.05) is 19.9 Å². The van der Waals surface area contributed by atoms with E-state index in [4.69, 9.17) is 9.47 Å². The highest BCUT2D eigenvalue weighted by Crippen LogP contribution is 2.50. The second-order valence-corrected chi connectivity index (χ2v) is 10.2. The number of ether oxygens (including phenoxy) is 2. The predicted octanol–water partition coefficient (Wildman–Crippen LogP) is 4.58. The Morgan fingerprint density at radius 3 is 2.67 bits per heavy atom. The zero-order chi connectivity index (χ0) is 21.0. The molecule has 2 saturated carbocycles. The number of anilines is 1. The van der Waals surface area contributed by atoms with Gasteiger partial charge >= 0.3 is 0 Å². The van der Waals surface area contributed by atoms with Gasteiger partial charge in [0.15, 0.2) is 0 Å². The van der Waals surface area contributed by atoms with E-state index in [-0.39, 0.29) is 11.3 Å². The summed E-state index contributed by atoms with van der Waals surface area (Å²) >= 11 is 0. The van der Waals surface area contributed by atoms with Crippen LogP contribution in [0.5, 0.6) is 5.75 Å². The molecule has 166 valence electrons. The first-order chi connectivity index (χ1) is 14.5. The molecule has 2 unspecified atom stereocenters. The minimum atomic E-state index is -0.247. The minimum Gasteiger partial charge on any atom is -0.493 e. The molecule has 0 aromatic heterocycles. The SMILES string of the molecule is CC1CC2CC(C1)CC(C)(C(=O)Nc1cccc(OCCCN3CCOCC3)c1)C2. The third-order valence-electron chi connectivity index (χ3n) is 7.25. The quantitative estimate of drug-likeness (QED) is 0.664. The topological polar surface area (TPSA) is 50.8 Å². The molecule has 5 heteroatoms. The molecule has 1 aliphatic heterocycles. The van der Waals surface area contributed by atoms with E-state index in [1.165, 1.54) is 19.3 Å². The lowest BCUT2D eigenvalue weighted by atomic mass is 9.59. The average Bonchev–Trinajstić information content (AvgIpc) is 2.71. The molecule has 0 spiro atoms. The molecule has 1 saturated heterocycles. The first kappa shape index (κ1) is 21.6. The van der Waals surface area contributed by atoms with Crippen LogP contribution >= 0.6 is 0 Å². The normalized spacial score (nSPS) is 31.9. The number of benzene rings is 1. The van der Waals surface area contributed by atoms with Gasteiger partial charge < -0.3 is 14.8 Å². The molecule has 1 heterocycles. The summed E-state index contributed by atoms with van der Waals surface area (Å²) in [6.07, 6.45) is 6.94. The first-order valence-corrected chi connectivity index (χ1v) is 11.8. The fourth-order valence-corrected chi connectivity index (χ4v) is 6.02. The third-order valence-corrected chi connectivity index (χ3v) is 7.25. The second kappa shape index (κ2) is 9.69. The molecule has 1 aromatic rings. The standard InChI is InChI=1S/C25H38N2O3/c1-19-13-20-15-21(14-19)18-25(2,17-20)24(28)26-22-5-3-6-23(16-22)30-10-4-7-27-8-11-29-12-9-27/h3,5-6,16,19-21H,4,7-15,17-18H2,1-2H3,(H,26,28). The minimum absolute atomic E-state index is 0.177. The summed E-state index contributed by atoms with van der Waals surface area (Å²) in [5, 5.41) is 3.19. The van der Waals surface area contributed by atoms with Gasteiger partial charge in [-0.05, 0) is 68.4 Å². The number of amides is 1. The molecular formula is C25H38N2O3. The van der Waals surface area contributed by atoms with Crippen LogP contribution in [0.1, 0.15) is 52.4 Å². The summed E-state index contributed by atoms with van der Waals surface area (Å²) in [6.45, 7) is 9.97. The van der Waals surface area contributed by atoms with Gasteiger partial charge in [-0.3, -0.25) is 9.69 Å². The maximum atomic E-state index is 13.2. The summed E-state index contributed by atoms with van der Waals surface area (Å²) in [5.41, 5.74) is 0.596. The Kier molecular flexibility index (Phi) is 6.99. The molecule has 30 heavy (non-hydrogen) atoms. The first-order valence-electron chi connectivity index (χ1n) is 11.8. The highest BCUT2D eigenvalue weighted by Gasteiger charge is 2.45. The molecule has 1 aromatic carbocycles. The highest BCUT2D eigenvalue weighted by atomic mass is 16.5. The van der Waals surface area contributed by atoms with Crippen molar-refractivity contribution in [2.24, 2.45) is 23.2 Å². The van der Waals surface area contributed by atoms with Crippen molar-refractivity contribution in [3.8, 4) is 5.75 Å². The zero-order valence-electron chi connectivity index (χ0n) is 18.7. The molecule has 2 bridgehead atoms. The Morgan fingerprint density at radius 2 is 1.93 bits per heavy atom. The summed E-state index contributed by atoms with van der Waals surface area (Å²) in [6, 6.07) is 7.86. The van der Waals surface area contributed by atoms with Crippen molar-refractivity contribution in [1.82, 2.24) is 4.90 Å². The van der Waals surface area contributed by atoms with Gasteiger partial charge in [-0.15, -0.1) is 0 Å². The van der Waals surface area contributed by atoms with E-state index in [1.807, 2.05) is 24.3 Å². The summed E-state index contributed by atoms with van der Waals surface area (Å²) in [7, 11) is 0. The lowest BCUT2D eigenvalue weighted by Gasteiger charge is -2.46. The van der Waals surface area contributed by atoms with Crippen LogP contribution < -0.4 is 10.1 Å². The van der Waals surface area contributed by atoms with Crippen molar-refractivity contribution in [1.29, 1.82) is 0 Å². The zero-order valence-corrected chi connectivity index (χ0v) is 18.7. The van der Waals surface area contributed by atoms with Crippen molar-refractivity contribution < 1.29 is 14.3 Å². The molecule has 1 amide bonds. The van der Waals surface area contributed by atoms with Crippen molar-refractivity contribution in [2.75, 3.05) is 44.8 Å². The van der Waals surface area contributed by atoms with Gasteiger partial charge in [0.25, 0.3) is 0 Å². The second-order valence-electron chi connectivity index (χ2n) is 10.2. The van der Waals surface area contributed by atoms with Gasteiger partial charge in [0, 0.05) is 36.8 Å². The van der Waals surface area contributed by atoms with E-state index in [2.05, 4.69) is 24.1 Å². The van der Waals surface area contributed by atoms with Crippen molar-refractivity contribution in [2.45, 2.75) is 52.4 Å². The largest absolute Gasteiger partial charge is 0.493 e. The van der Waals surface area contributed by atoms with Crippen LogP contribution in [0.3, 0.4) is 0 Å². The Hall–Kier alpha value is -1.59. The maximum Gasteiger partial charge on any atom is 0.230 e. The fourth-order valence-electron chi connectivity index (χ4n) is 6.02. The van der Waals surface area contributed by atoms with E-state index in [0.29, 0.717) is 18.4 Å². The fraction of sp³-hybridized carbons (Fsp3) is 0.720. The number of hydrogen-bond donors (Lipinski definition) is 1. The van der Waals surface area contributed by atoms with Crippen LogP contribution in [0.2, 0.25) is 0 Å². The van der Waals surface area contributed by atoms with Crippen LogP contribution in [-0.4, -0.2) is 50.3 Å². The molecule has 2 aliphatic carbocycles. The van der Waals surface area contributed by atoms with Crippen molar-refractivity contribution in [3.05, 3.63) is 24.3 Å². The monoisotopic (exact) mass is 414 g/mol. The van der Waals surface area contributed by atoms with Gasteiger partial charge in [0.2, 0.25) is 5.91 Å². The predicted molar refractivity (Wildman–Crippen MR) is 120 cm³/mol. The van der Waals surface area contributed by atoms with Crippen LogP contribution in [0.4, 0.5) is 5.69 Å². The lowest BCUT2D eigenvalue weighted by molar-refractivity contribution is -0.129. The number of nitrogens with zero attached hydrogens (tertiary/aromatic N) is 1. The highest BCUT2D eigenvalue weighted by molar-refractivity contribution is 5.95. The molecule has 5 nitrogen and oxygen atoms in total. The van der Waals surface area contributed by atoms with Crippen molar-refractivity contribution >= 4 is 11.6 Å². The molecule has 2 atom stereocenters. The van der Waals surface area contributed by atoms with Crippen LogP contribution in [0.15, 0.2) is 24.3 Å².